The molecule has 0 atom stereocenters. The van der Waals surface area contributed by atoms with E-state index in [-0.39, 0.29) is 0 Å². The number of aryl methyl sites for hydroxylation is 1. The van der Waals surface area contributed by atoms with Gasteiger partial charge in [0.25, 0.3) is 0 Å². The molecule has 1 aromatic heterocycles. The Balaban J connectivity index is 1.91. The smallest absolute Gasteiger partial charge is 0.133 e. The normalized spacial score (nSPS) is 10.8. The summed E-state index contributed by atoms with van der Waals surface area (Å²) in [5.41, 5.74) is 1.85. The van der Waals surface area contributed by atoms with Gasteiger partial charge in [0.15, 0.2) is 0 Å². The molecule has 17 heavy (non-hydrogen) atoms. The van der Waals surface area contributed by atoms with Gasteiger partial charge in [-0.05, 0) is 30.7 Å². The van der Waals surface area contributed by atoms with Crippen molar-refractivity contribution in [3.05, 3.63) is 51.3 Å². The summed E-state index contributed by atoms with van der Waals surface area (Å²) in [5, 5.41) is 8.51. The van der Waals surface area contributed by atoms with Crippen LogP contribution in [0.5, 0.6) is 0 Å². The second-order valence-corrected chi connectivity index (χ2v) is 4.61. The van der Waals surface area contributed by atoms with Crippen molar-refractivity contribution in [1.82, 2.24) is 10.5 Å². The second kappa shape index (κ2) is 5.54. The molecule has 0 bridgehead atoms. The molecule has 0 unspecified atom stereocenters. The molecule has 2 rings (SSSR count). The molecule has 2 aromatic rings. The number of hydrogen-bond donors (Lipinski definition) is 1. The van der Waals surface area contributed by atoms with Crippen LogP contribution in [0.1, 0.15) is 17.0 Å². The van der Waals surface area contributed by atoms with Gasteiger partial charge in [0, 0.05) is 29.2 Å². The Morgan fingerprint density at radius 2 is 2.06 bits per heavy atom. The molecule has 0 saturated heterocycles. The van der Waals surface area contributed by atoms with E-state index < -0.39 is 0 Å². The number of halogens is 2. The molecular weight excluding hydrogens is 259 g/mol. The first kappa shape index (κ1) is 12.4. The predicted molar refractivity (Wildman–Crippen MR) is 68.2 cm³/mol. The lowest BCUT2D eigenvalue weighted by atomic mass is 10.2. The van der Waals surface area contributed by atoms with Gasteiger partial charge in [0.05, 0.1) is 5.69 Å². The maximum absolute atomic E-state index is 6.05. The molecule has 0 aliphatic carbocycles. The van der Waals surface area contributed by atoms with E-state index in [1.165, 1.54) is 0 Å². The molecule has 1 N–H and O–H groups in total. The fourth-order valence-electron chi connectivity index (χ4n) is 1.51. The zero-order chi connectivity index (χ0) is 12.3. The summed E-state index contributed by atoms with van der Waals surface area (Å²) in [6.45, 7) is 3.15. The maximum atomic E-state index is 6.05. The van der Waals surface area contributed by atoms with Crippen molar-refractivity contribution < 1.29 is 4.52 Å². The van der Waals surface area contributed by atoms with Crippen LogP contribution >= 0.6 is 23.2 Å². The third-order valence-electron chi connectivity index (χ3n) is 2.31. The minimum atomic E-state index is 0.639. The van der Waals surface area contributed by atoms with E-state index in [1.807, 2.05) is 19.1 Å². The third kappa shape index (κ3) is 3.46. The highest BCUT2D eigenvalue weighted by Crippen LogP contribution is 2.20. The Bertz CT molecular complexity index is 511. The number of benzene rings is 1. The summed E-state index contributed by atoms with van der Waals surface area (Å²) in [6.07, 6.45) is 0. The third-order valence-corrected chi connectivity index (χ3v) is 2.91. The minimum Gasteiger partial charge on any atom is -0.361 e. The van der Waals surface area contributed by atoms with Crippen LogP contribution in [0, 0.1) is 6.92 Å². The van der Waals surface area contributed by atoms with Gasteiger partial charge in [-0.2, -0.15) is 0 Å². The molecule has 0 aliphatic heterocycles. The lowest BCUT2D eigenvalue weighted by molar-refractivity contribution is 0.388. The Kier molecular flexibility index (Phi) is 4.05. The van der Waals surface area contributed by atoms with Gasteiger partial charge >= 0.3 is 0 Å². The van der Waals surface area contributed by atoms with E-state index in [0.29, 0.717) is 23.1 Å². The number of nitrogens with one attached hydrogen (secondary N) is 1. The first-order valence-corrected chi connectivity index (χ1v) is 5.97. The molecule has 1 aromatic carbocycles. The van der Waals surface area contributed by atoms with Gasteiger partial charge in [-0.3, -0.25) is 0 Å². The average Bonchev–Trinajstić information content (AvgIpc) is 2.69. The van der Waals surface area contributed by atoms with Crippen molar-refractivity contribution >= 4 is 23.2 Å². The predicted octanol–water partition coefficient (Wildman–Crippen LogP) is 3.58. The SMILES string of the molecule is Cc1cc(CNCc2cc(Cl)ccc2Cl)no1. The van der Waals surface area contributed by atoms with E-state index in [9.17, 15) is 0 Å². The number of hydrogen-bond acceptors (Lipinski definition) is 3. The molecule has 3 nitrogen and oxygen atoms in total. The van der Waals surface area contributed by atoms with E-state index >= 15 is 0 Å². The quantitative estimate of drug-likeness (QED) is 0.923. The van der Waals surface area contributed by atoms with E-state index in [2.05, 4.69) is 10.5 Å². The molecule has 0 fully saturated rings. The molecule has 0 aliphatic rings. The molecule has 1 heterocycles. The monoisotopic (exact) mass is 270 g/mol. The molecular formula is C12H12Cl2N2O. The van der Waals surface area contributed by atoms with Crippen LogP contribution in [-0.4, -0.2) is 5.16 Å². The molecule has 0 spiro atoms. The van der Waals surface area contributed by atoms with Gasteiger partial charge in [0.2, 0.25) is 0 Å². The van der Waals surface area contributed by atoms with Crippen molar-refractivity contribution in [2.75, 3.05) is 0 Å². The van der Waals surface area contributed by atoms with Crippen LogP contribution in [0.2, 0.25) is 10.0 Å². The van der Waals surface area contributed by atoms with Crippen molar-refractivity contribution in [2.45, 2.75) is 20.0 Å². The fraction of sp³-hybridized carbons (Fsp3) is 0.250. The average molecular weight is 271 g/mol. The van der Waals surface area contributed by atoms with E-state index in [1.54, 1.807) is 12.1 Å². The molecule has 5 heteroatoms. The second-order valence-electron chi connectivity index (χ2n) is 3.77. The highest BCUT2D eigenvalue weighted by Gasteiger charge is 2.03. The Morgan fingerprint density at radius 1 is 1.24 bits per heavy atom. The zero-order valence-electron chi connectivity index (χ0n) is 9.34. The fourth-order valence-corrected chi connectivity index (χ4v) is 1.88. The van der Waals surface area contributed by atoms with Crippen molar-refractivity contribution in [1.29, 1.82) is 0 Å². The summed E-state index contributed by atoms with van der Waals surface area (Å²) in [5.74, 6) is 0.808. The highest BCUT2D eigenvalue weighted by atomic mass is 35.5. The van der Waals surface area contributed by atoms with Crippen LogP contribution < -0.4 is 5.32 Å². The van der Waals surface area contributed by atoms with Gasteiger partial charge < -0.3 is 9.84 Å². The lowest BCUT2D eigenvalue weighted by Gasteiger charge is -2.05. The van der Waals surface area contributed by atoms with Crippen molar-refractivity contribution in [3.8, 4) is 0 Å². The van der Waals surface area contributed by atoms with Crippen LogP contribution in [-0.2, 0) is 13.1 Å². The van der Waals surface area contributed by atoms with Gasteiger partial charge in [0.1, 0.15) is 5.76 Å². The van der Waals surface area contributed by atoms with Crippen molar-refractivity contribution in [3.63, 3.8) is 0 Å². The summed E-state index contributed by atoms with van der Waals surface area (Å²) in [7, 11) is 0. The summed E-state index contributed by atoms with van der Waals surface area (Å²) in [4.78, 5) is 0. The largest absolute Gasteiger partial charge is 0.361 e. The molecule has 0 saturated carbocycles. The number of nitrogens with zero attached hydrogens (tertiary/aromatic N) is 1. The van der Waals surface area contributed by atoms with Crippen LogP contribution in [0.4, 0.5) is 0 Å². The van der Waals surface area contributed by atoms with Crippen LogP contribution in [0.25, 0.3) is 0 Å². The Morgan fingerprint density at radius 3 is 2.76 bits per heavy atom. The molecule has 0 amide bonds. The first-order chi connectivity index (χ1) is 8.15. The van der Waals surface area contributed by atoms with Crippen LogP contribution in [0.15, 0.2) is 28.8 Å². The van der Waals surface area contributed by atoms with Crippen LogP contribution in [0.3, 0.4) is 0 Å². The lowest BCUT2D eigenvalue weighted by Crippen LogP contribution is -2.13. The zero-order valence-corrected chi connectivity index (χ0v) is 10.8. The highest BCUT2D eigenvalue weighted by molar-refractivity contribution is 6.33. The molecule has 0 radical (unpaired) electrons. The topological polar surface area (TPSA) is 38.1 Å². The minimum absolute atomic E-state index is 0.639. The first-order valence-electron chi connectivity index (χ1n) is 5.22. The summed E-state index contributed by atoms with van der Waals surface area (Å²) < 4.78 is 4.97. The standard InChI is InChI=1S/C12H12Cl2N2O/c1-8-4-11(16-17-8)7-15-6-9-5-10(13)2-3-12(9)14/h2-5,15H,6-7H2,1H3. The summed E-state index contributed by atoms with van der Waals surface area (Å²) >= 11 is 12.0. The van der Waals surface area contributed by atoms with Gasteiger partial charge in [-0.15, -0.1) is 0 Å². The maximum Gasteiger partial charge on any atom is 0.133 e. The number of aromatic nitrogens is 1. The van der Waals surface area contributed by atoms with Crippen molar-refractivity contribution in [2.24, 2.45) is 0 Å². The van der Waals surface area contributed by atoms with Gasteiger partial charge in [-0.1, -0.05) is 28.4 Å². The molecule has 90 valence electrons. The Hall–Kier alpha value is -1.03. The number of rotatable bonds is 4. The van der Waals surface area contributed by atoms with E-state index in [4.69, 9.17) is 27.7 Å². The summed E-state index contributed by atoms with van der Waals surface area (Å²) in [6, 6.07) is 7.31. The Labute approximate surface area is 110 Å². The van der Waals surface area contributed by atoms with E-state index in [0.717, 1.165) is 17.0 Å². The van der Waals surface area contributed by atoms with Gasteiger partial charge in [-0.25, -0.2) is 0 Å².